The number of esters is 1. The second-order valence-electron chi connectivity index (χ2n) is 7.02. The minimum absolute atomic E-state index is 0.0410. The highest BCUT2D eigenvalue weighted by molar-refractivity contribution is 9.10. The molecule has 0 bridgehead atoms. The Morgan fingerprint density at radius 1 is 0.968 bits per heavy atom. The summed E-state index contributed by atoms with van der Waals surface area (Å²) in [6.45, 7) is 3.97. The minimum Gasteiger partial charge on any atom is -0.496 e. The van der Waals surface area contributed by atoms with Gasteiger partial charge < -0.3 is 24.6 Å². The van der Waals surface area contributed by atoms with Crippen molar-refractivity contribution in [2.75, 3.05) is 50.6 Å². The van der Waals surface area contributed by atoms with Gasteiger partial charge in [-0.15, -0.1) is 0 Å². The van der Waals surface area contributed by atoms with E-state index in [1.807, 2.05) is 0 Å². The first-order valence-electron chi connectivity index (χ1n) is 9.71. The third kappa shape index (κ3) is 5.16. The van der Waals surface area contributed by atoms with Crippen LogP contribution in [0.1, 0.15) is 27.6 Å². The van der Waals surface area contributed by atoms with E-state index in [4.69, 9.17) is 9.47 Å². The maximum absolute atomic E-state index is 12.9. The molecule has 31 heavy (non-hydrogen) atoms. The van der Waals surface area contributed by atoms with Gasteiger partial charge in [-0.1, -0.05) is 0 Å². The van der Waals surface area contributed by atoms with Crippen LogP contribution in [0.5, 0.6) is 5.75 Å². The predicted molar refractivity (Wildman–Crippen MR) is 121 cm³/mol. The van der Waals surface area contributed by atoms with Gasteiger partial charge >= 0.3 is 5.97 Å². The lowest BCUT2D eigenvalue weighted by Gasteiger charge is -2.36. The van der Waals surface area contributed by atoms with E-state index < -0.39 is 5.97 Å². The van der Waals surface area contributed by atoms with E-state index in [0.29, 0.717) is 53.2 Å². The predicted octanol–water partition coefficient (Wildman–Crippen LogP) is 3.17. The zero-order chi connectivity index (χ0) is 22.5. The van der Waals surface area contributed by atoms with Crippen LogP contribution in [0.3, 0.4) is 0 Å². The number of methoxy groups -OCH3 is 2. The van der Waals surface area contributed by atoms with Crippen LogP contribution < -0.4 is 15.0 Å². The molecule has 0 aliphatic carbocycles. The second kappa shape index (κ2) is 9.82. The van der Waals surface area contributed by atoms with Gasteiger partial charge in [0.15, 0.2) is 0 Å². The van der Waals surface area contributed by atoms with Crippen molar-refractivity contribution in [3.05, 3.63) is 52.0 Å². The first kappa shape index (κ1) is 22.6. The van der Waals surface area contributed by atoms with Crippen LogP contribution in [0.2, 0.25) is 0 Å². The Kier molecular flexibility index (Phi) is 7.17. The maximum Gasteiger partial charge on any atom is 0.337 e. The number of hydrogen-bond acceptors (Lipinski definition) is 6. The lowest BCUT2D eigenvalue weighted by molar-refractivity contribution is -0.129. The number of ether oxygens (including phenoxy) is 2. The summed E-state index contributed by atoms with van der Waals surface area (Å²) in [5, 5.41) is 2.91. The van der Waals surface area contributed by atoms with E-state index >= 15 is 0 Å². The number of hydrogen-bond donors (Lipinski definition) is 1. The number of nitrogens with zero attached hydrogens (tertiary/aromatic N) is 2. The van der Waals surface area contributed by atoms with Gasteiger partial charge in [-0.3, -0.25) is 9.59 Å². The number of nitrogens with one attached hydrogen (secondary N) is 1. The number of halogens is 1. The molecule has 0 atom stereocenters. The summed E-state index contributed by atoms with van der Waals surface area (Å²) in [5.41, 5.74) is 2.04. The number of anilines is 2. The molecule has 1 aliphatic rings. The van der Waals surface area contributed by atoms with Gasteiger partial charge in [0.05, 0.1) is 35.6 Å². The minimum atomic E-state index is -0.490. The van der Waals surface area contributed by atoms with Crippen molar-refractivity contribution < 1.29 is 23.9 Å². The lowest BCUT2D eigenvalue weighted by atomic mass is 10.1. The molecule has 0 aromatic heterocycles. The zero-order valence-corrected chi connectivity index (χ0v) is 19.2. The fourth-order valence-electron chi connectivity index (χ4n) is 3.42. The van der Waals surface area contributed by atoms with E-state index in [-0.39, 0.29) is 11.8 Å². The molecular weight excluding hydrogens is 466 g/mol. The topological polar surface area (TPSA) is 88.2 Å². The smallest absolute Gasteiger partial charge is 0.337 e. The number of piperazine rings is 1. The Morgan fingerprint density at radius 3 is 2.23 bits per heavy atom. The van der Waals surface area contributed by atoms with Crippen LogP contribution in [-0.4, -0.2) is 63.1 Å². The molecule has 0 spiro atoms. The molecule has 8 nitrogen and oxygen atoms in total. The van der Waals surface area contributed by atoms with Crippen molar-refractivity contribution in [3.63, 3.8) is 0 Å². The van der Waals surface area contributed by atoms with E-state index in [1.165, 1.54) is 7.11 Å². The summed E-state index contributed by atoms with van der Waals surface area (Å²) in [7, 11) is 2.86. The lowest BCUT2D eigenvalue weighted by Crippen LogP contribution is -2.48. The quantitative estimate of drug-likeness (QED) is 0.648. The molecule has 1 saturated heterocycles. The Hall–Kier alpha value is -3.07. The van der Waals surface area contributed by atoms with Crippen molar-refractivity contribution in [1.29, 1.82) is 0 Å². The number of amides is 2. The molecule has 2 aromatic carbocycles. The highest BCUT2D eigenvalue weighted by atomic mass is 79.9. The fraction of sp³-hybridized carbons (Fsp3) is 0.318. The molecule has 1 N–H and O–H groups in total. The van der Waals surface area contributed by atoms with Crippen LogP contribution in [0.15, 0.2) is 40.9 Å². The standard InChI is InChI=1S/C22H24BrN3O5/c1-14(27)25-8-10-26(11-9-25)19-6-4-16(22(29)31-3)13-18(19)24-21(28)15-5-7-20(30-2)17(23)12-15/h4-7,12-13H,8-11H2,1-3H3,(H,24,28). The summed E-state index contributed by atoms with van der Waals surface area (Å²) in [5.74, 6) is -0.155. The molecule has 2 amide bonds. The van der Waals surface area contributed by atoms with E-state index in [2.05, 4.69) is 26.1 Å². The molecule has 3 rings (SSSR count). The molecule has 1 aliphatic heterocycles. The van der Waals surface area contributed by atoms with Crippen LogP contribution in [-0.2, 0) is 9.53 Å². The van der Waals surface area contributed by atoms with Gasteiger partial charge in [-0.2, -0.15) is 0 Å². The summed E-state index contributed by atoms with van der Waals surface area (Å²) in [6.07, 6.45) is 0. The average Bonchev–Trinajstić information content (AvgIpc) is 2.78. The Bertz CT molecular complexity index is 1000. The molecule has 2 aromatic rings. The summed E-state index contributed by atoms with van der Waals surface area (Å²) in [6, 6.07) is 10.1. The highest BCUT2D eigenvalue weighted by Gasteiger charge is 2.22. The highest BCUT2D eigenvalue weighted by Crippen LogP contribution is 2.30. The van der Waals surface area contributed by atoms with Gasteiger partial charge in [0.25, 0.3) is 5.91 Å². The van der Waals surface area contributed by atoms with E-state index in [9.17, 15) is 14.4 Å². The Morgan fingerprint density at radius 2 is 1.65 bits per heavy atom. The van der Waals surface area contributed by atoms with Crippen molar-refractivity contribution in [1.82, 2.24) is 4.90 Å². The summed E-state index contributed by atoms with van der Waals surface area (Å²) < 4.78 is 10.7. The van der Waals surface area contributed by atoms with Gasteiger partial charge in [-0.25, -0.2) is 4.79 Å². The third-order valence-corrected chi connectivity index (χ3v) is 5.77. The fourth-order valence-corrected chi connectivity index (χ4v) is 3.96. The Balaban J connectivity index is 1.89. The van der Waals surface area contributed by atoms with Gasteiger partial charge in [-0.05, 0) is 52.3 Å². The first-order chi connectivity index (χ1) is 14.8. The van der Waals surface area contributed by atoms with Crippen molar-refractivity contribution in [2.24, 2.45) is 0 Å². The second-order valence-corrected chi connectivity index (χ2v) is 7.87. The molecule has 0 radical (unpaired) electrons. The van der Waals surface area contributed by atoms with E-state index in [0.717, 1.165) is 5.69 Å². The SMILES string of the molecule is COC(=O)c1ccc(N2CCN(C(C)=O)CC2)c(NC(=O)c2ccc(OC)c(Br)c2)c1. The number of rotatable bonds is 5. The molecule has 164 valence electrons. The number of carbonyl (C=O) groups excluding carboxylic acids is 3. The Labute approximate surface area is 189 Å². The van der Waals surface area contributed by atoms with Crippen molar-refractivity contribution in [3.8, 4) is 5.75 Å². The largest absolute Gasteiger partial charge is 0.496 e. The first-order valence-corrected chi connectivity index (χ1v) is 10.5. The average molecular weight is 490 g/mol. The maximum atomic E-state index is 12.9. The molecule has 1 heterocycles. The number of carbonyl (C=O) groups is 3. The monoisotopic (exact) mass is 489 g/mol. The normalized spacial score (nSPS) is 13.5. The van der Waals surface area contributed by atoms with Crippen LogP contribution in [0.4, 0.5) is 11.4 Å². The molecule has 0 unspecified atom stereocenters. The molecule has 9 heteroatoms. The molecule has 0 saturated carbocycles. The molecule has 1 fully saturated rings. The van der Waals surface area contributed by atoms with Crippen molar-refractivity contribution in [2.45, 2.75) is 6.92 Å². The van der Waals surface area contributed by atoms with Crippen LogP contribution in [0.25, 0.3) is 0 Å². The molecular formula is C22H24BrN3O5. The summed E-state index contributed by atoms with van der Waals surface area (Å²) in [4.78, 5) is 40.5. The van der Waals surface area contributed by atoms with Gasteiger partial charge in [0.2, 0.25) is 5.91 Å². The third-order valence-electron chi connectivity index (χ3n) is 5.15. The van der Waals surface area contributed by atoms with Crippen LogP contribution >= 0.6 is 15.9 Å². The summed E-state index contributed by atoms with van der Waals surface area (Å²) >= 11 is 3.39. The van der Waals surface area contributed by atoms with Crippen molar-refractivity contribution >= 4 is 45.1 Å². The van der Waals surface area contributed by atoms with E-state index in [1.54, 1.807) is 55.3 Å². The van der Waals surface area contributed by atoms with Gasteiger partial charge in [0.1, 0.15) is 5.75 Å². The van der Waals surface area contributed by atoms with Crippen LogP contribution in [0, 0.1) is 0 Å². The number of benzene rings is 2. The zero-order valence-electron chi connectivity index (χ0n) is 17.6. The van der Waals surface area contributed by atoms with Gasteiger partial charge in [0, 0.05) is 38.7 Å².